The van der Waals surface area contributed by atoms with Gasteiger partial charge in [-0.2, -0.15) is 0 Å². The number of nitrogens with one attached hydrogen (secondary N) is 2. The minimum Gasteiger partial charge on any atom is -0.507 e. The number of rotatable bonds is 21. The summed E-state index contributed by atoms with van der Waals surface area (Å²) < 4.78 is 31.6. The highest BCUT2D eigenvalue weighted by Gasteiger charge is 2.35. The molecule has 5 aromatic carbocycles. The Morgan fingerprint density at radius 3 is 1.43 bits per heavy atom. The maximum atomic E-state index is 13.4. The number of phenolic OH excluding ortho intramolecular Hbond substituents is 1. The molecule has 354 valence electrons. The first-order valence-corrected chi connectivity index (χ1v) is 21.5. The fourth-order valence-corrected chi connectivity index (χ4v) is 6.43. The summed E-state index contributed by atoms with van der Waals surface area (Å²) in [5.41, 5.74) is 4.56. The van der Waals surface area contributed by atoms with Gasteiger partial charge in [-0.25, -0.2) is 38.9 Å². The van der Waals surface area contributed by atoms with Crippen molar-refractivity contribution >= 4 is 30.1 Å². The Balaban J connectivity index is 1.18. The van der Waals surface area contributed by atoms with Crippen LogP contribution in [0.1, 0.15) is 20.3 Å². The number of phenols is 1. The monoisotopic (exact) mass is 935 g/mol. The summed E-state index contributed by atoms with van der Waals surface area (Å²) >= 11 is 0. The van der Waals surface area contributed by atoms with Crippen molar-refractivity contribution < 1.29 is 57.5 Å². The fraction of sp³-hybridized carbons (Fsp3) is 0.192. The topological polar surface area (TPSA) is 224 Å². The lowest BCUT2D eigenvalue weighted by Gasteiger charge is -2.31. The van der Waals surface area contributed by atoms with Crippen molar-refractivity contribution in [1.29, 1.82) is 0 Å². The predicted molar refractivity (Wildman–Crippen MR) is 254 cm³/mol. The van der Waals surface area contributed by atoms with E-state index in [0.717, 1.165) is 45.5 Å². The maximum Gasteiger partial charge on any atom is 0.409 e. The maximum absolute atomic E-state index is 13.4. The molecular weight excluding hydrogens is 887 g/mol. The summed E-state index contributed by atoms with van der Waals surface area (Å²) in [6.07, 6.45) is -1.23. The van der Waals surface area contributed by atoms with Crippen LogP contribution in [0.15, 0.2) is 153 Å². The van der Waals surface area contributed by atoms with E-state index < -0.39 is 74.9 Å². The minimum absolute atomic E-state index is 0.110. The zero-order chi connectivity index (χ0) is 49.2. The number of esters is 3. The largest absolute Gasteiger partial charge is 0.507 e. The number of amides is 2. The summed E-state index contributed by atoms with van der Waals surface area (Å²) in [4.78, 5) is 75.4. The number of carbonyl (C=O) groups excluding carboxylic acids is 5. The Bertz CT molecular complexity index is 2610. The van der Waals surface area contributed by atoms with E-state index in [2.05, 4.69) is 23.8 Å². The molecule has 0 saturated heterocycles. The Morgan fingerprint density at radius 1 is 0.580 bits per heavy atom. The number of alkyl carbamates (subject to hydrolysis) is 2. The average molecular weight is 936 g/mol. The van der Waals surface area contributed by atoms with Gasteiger partial charge >= 0.3 is 30.1 Å². The van der Waals surface area contributed by atoms with Crippen LogP contribution in [0.2, 0.25) is 0 Å². The van der Waals surface area contributed by atoms with Crippen molar-refractivity contribution in [1.82, 2.24) is 25.6 Å². The van der Waals surface area contributed by atoms with Gasteiger partial charge in [-0.15, -0.1) is 0 Å². The number of carbonyl (C=O) groups is 5. The summed E-state index contributed by atoms with van der Waals surface area (Å²) in [6.45, 7) is 7.33. The Kier molecular flexibility index (Phi) is 17.3. The molecule has 17 heteroatoms. The predicted octanol–water partition coefficient (Wildman–Crippen LogP) is 8.44. The molecular formula is C52H49N5O12. The first-order valence-electron chi connectivity index (χ1n) is 21.5. The minimum atomic E-state index is -1.30. The molecule has 0 aliphatic carbocycles. The van der Waals surface area contributed by atoms with E-state index in [0.29, 0.717) is 11.6 Å². The van der Waals surface area contributed by atoms with Crippen LogP contribution in [-0.2, 0) is 38.1 Å². The summed E-state index contributed by atoms with van der Waals surface area (Å²) in [5.74, 6) is -1.60. The molecule has 0 fully saturated rings. The van der Waals surface area contributed by atoms with Crippen molar-refractivity contribution in [3.05, 3.63) is 153 Å². The van der Waals surface area contributed by atoms with Crippen LogP contribution < -0.4 is 15.4 Å². The third-order valence-corrected chi connectivity index (χ3v) is 10.5. The van der Waals surface area contributed by atoms with Gasteiger partial charge in [-0.05, 0) is 47.7 Å². The Labute approximate surface area is 397 Å². The second-order valence-corrected chi connectivity index (χ2v) is 15.2. The number of hydrogen-bond donors (Lipinski definition) is 3. The van der Waals surface area contributed by atoms with Crippen molar-refractivity contribution in [2.45, 2.75) is 26.4 Å². The fourth-order valence-electron chi connectivity index (χ4n) is 6.43. The normalized spacial score (nSPS) is 11.2. The van der Waals surface area contributed by atoms with E-state index >= 15 is 0 Å². The third-order valence-electron chi connectivity index (χ3n) is 10.5. The Morgan fingerprint density at radius 2 is 1.00 bits per heavy atom. The molecule has 1 heterocycles. The average Bonchev–Trinajstić information content (AvgIpc) is 3.38. The van der Waals surface area contributed by atoms with Crippen LogP contribution in [0.3, 0.4) is 0 Å². The van der Waals surface area contributed by atoms with E-state index in [1.54, 1.807) is 19.1 Å². The molecule has 0 aliphatic rings. The lowest BCUT2D eigenvalue weighted by atomic mass is 9.88. The molecule has 0 aliphatic heterocycles. The zero-order valence-electron chi connectivity index (χ0n) is 37.8. The van der Waals surface area contributed by atoms with Gasteiger partial charge in [0.2, 0.25) is 0 Å². The summed E-state index contributed by atoms with van der Waals surface area (Å²) in [7, 11) is 0. The second-order valence-electron chi connectivity index (χ2n) is 15.2. The van der Waals surface area contributed by atoms with Gasteiger partial charge in [-0.1, -0.05) is 129 Å². The van der Waals surface area contributed by atoms with Gasteiger partial charge in [0.1, 0.15) is 31.3 Å². The molecule has 0 radical (unpaired) electrons. The molecule has 3 N–H and O–H groups in total. The van der Waals surface area contributed by atoms with Crippen LogP contribution >= 0.6 is 0 Å². The second kappa shape index (κ2) is 24.1. The van der Waals surface area contributed by atoms with Crippen molar-refractivity contribution in [2.75, 3.05) is 33.3 Å². The lowest BCUT2D eigenvalue weighted by molar-refractivity contribution is -0.157. The lowest BCUT2D eigenvalue weighted by Crippen LogP contribution is -2.43. The third kappa shape index (κ3) is 14.1. The van der Waals surface area contributed by atoms with Crippen molar-refractivity contribution in [2.24, 2.45) is 5.41 Å². The molecule has 2 amide bonds. The standard InChI is InChI=1S/C52H49N5O12/c1-5-44(59)67-32-53-50(62)65-30-52(7-3,31-66-51(63)54-33-68-45(60)6-2)29-64-49(61)34(4)69-41-26-27-42(43(58)28-41)48-56-46(39-22-18-37(19-23-39)35-14-10-8-11-15-35)55-47(57-48)40-24-20-38(21-25-40)36-16-12-9-13-17-36/h5-6,8-28,34,58H,1-2,7,29-33H2,3-4H3,(H,53,62)(H,54,63). The molecule has 17 nitrogen and oxygen atoms in total. The van der Waals surface area contributed by atoms with Crippen LogP contribution in [0, 0.1) is 5.41 Å². The number of ether oxygens (including phenoxy) is 6. The smallest absolute Gasteiger partial charge is 0.409 e. The van der Waals surface area contributed by atoms with E-state index in [-0.39, 0.29) is 29.3 Å². The molecule has 69 heavy (non-hydrogen) atoms. The molecule has 1 atom stereocenters. The van der Waals surface area contributed by atoms with Crippen LogP contribution in [0.5, 0.6) is 11.5 Å². The molecule has 1 unspecified atom stereocenters. The molecule has 1 aromatic heterocycles. The molecule has 0 bridgehead atoms. The van der Waals surface area contributed by atoms with Gasteiger partial charge in [-0.3, -0.25) is 10.6 Å². The van der Waals surface area contributed by atoms with Crippen LogP contribution in [0.25, 0.3) is 56.4 Å². The van der Waals surface area contributed by atoms with Gasteiger partial charge < -0.3 is 33.5 Å². The highest BCUT2D eigenvalue weighted by molar-refractivity contribution is 5.82. The summed E-state index contributed by atoms with van der Waals surface area (Å²) in [6, 6.07) is 40.0. The first kappa shape index (κ1) is 49.6. The van der Waals surface area contributed by atoms with Crippen molar-refractivity contribution in [3.8, 4) is 67.9 Å². The van der Waals surface area contributed by atoms with E-state index in [4.69, 9.17) is 43.4 Å². The highest BCUT2D eigenvalue weighted by Crippen LogP contribution is 2.34. The quantitative estimate of drug-likeness (QED) is 0.0267. The van der Waals surface area contributed by atoms with Gasteiger partial charge in [0.15, 0.2) is 37.0 Å². The molecule has 0 saturated carbocycles. The Hall–Kier alpha value is -8.86. The number of hydrogen-bond acceptors (Lipinski definition) is 15. The number of aromatic nitrogens is 3. The molecule has 6 rings (SSSR count). The number of nitrogens with zero attached hydrogens (tertiary/aromatic N) is 3. The number of aromatic hydroxyl groups is 1. The summed E-state index contributed by atoms with van der Waals surface area (Å²) in [5, 5.41) is 15.9. The van der Waals surface area contributed by atoms with E-state index in [1.807, 2.05) is 109 Å². The van der Waals surface area contributed by atoms with Crippen LogP contribution in [0.4, 0.5) is 9.59 Å². The molecule has 6 aromatic rings. The van der Waals surface area contributed by atoms with Gasteiger partial charge in [0.25, 0.3) is 0 Å². The van der Waals surface area contributed by atoms with Crippen LogP contribution in [-0.4, -0.2) is 89.5 Å². The number of benzene rings is 5. The zero-order valence-corrected chi connectivity index (χ0v) is 37.8. The van der Waals surface area contributed by atoms with Gasteiger partial charge in [0, 0.05) is 29.3 Å². The highest BCUT2D eigenvalue weighted by atomic mass is 16.6. The van der Waals surface area contributed by atoms with E-state index in [1.165, 1.54) is 13.0 Å². The van der Waals surface area contributed by atoms with Gasteiger partial charge in [0.05, 0.1) is 11.0 Å². The SMILES string of the molecule is C=CC(=O)OCNC(=O)OCC(CC)(COC(=O)NCOC(=O)C=C)COC(=O)C(C)Oc1ccc(-c2nc(-c3ccc(-c4ccccc4)cc3)nc(-c3ccc(-c4ccccc4)cc3)n2)c(O)c1. The van der Waals surface area contributed by atoms with E-state index in [9.17, 15) is 29.1 Å². The first-order chi connectivity index (χ1) is 33.4. The molecule has 0 spiro atoms. The van der Waals surface area contributed by atoms with Crippen molar-refractivity contribution in [3.63, 3.8) is 0 Å².